The molecule has 0 aliphatic heterocycles. The largest absolute Gasteiger partial charge is 0.299 e. The monoisotopic (exact) mass is 157 g/mol. The topological polar surface area (TPSA) is 3.24 Å². The Labute approximate surface area is 71.8 Å². The third-order valence-corrected chi connectivity index (χ3v) is 2.99. The van der Waals surface area contributed by atoms with Crippen LogP contribution in [-0.4, -0.2) is 23.5 Å². The summed E-state index contributed by atoms with van der Waals surface area (Å²) in [4.78, 5) is 2.51. The van der Waals surface area contributed by atoms with Crippen LogP contribution in [-0.2, 0) is 0 Å². The Morgan fingerprint density at radius 3 is 1.55 bits per heavy atom. The summed E-state index contributed by atoms with van der Waals surface area (Å²) in [5, 5.41) is 0. The van der Waals surface area contributed by atoms with Crippen molar-refractivity contribution in [2.24, 2.45) is 5.92 Å². The van der Waals surface area contributed by atoms with E-state index in [4.69, 9.17) is 0 Å². The zero-order chi connectivity index (χ0) is 9.07. The predicted molar refractivity (Wildman–Crippen MR) is 51.8 cm³/mol. The van der Waals surface area contributed by atoms with Gasteiger partial charge in [-0.05, 0) is 32.9 Å². The first-order valence-electron chi connectivity index (χ1n) is 4.71. The third kappa shape index (κ3) is 2.48. The van der Waals surface area contributed by atoms with E-state index in [-0.39, 0.29) is 0 Å². The smallest absolute Gasteiger partial charge is 0.0175 e. The van der Waals surface area contributed by atoms with Gasteiger partial charge in [0.15, 0.2) is 0 Å². The van der Waals surface area contributed by atoms with Crippen molar-refractivity contribution in [1.29, 1.82) is 0 Å². The maximum atomic E-state index is 2.51. The average molecular weight is 157 g/mol. The first kappa shape index (κ1) is 11.0. The normalized spacial score (nSPS) is 13.1. The van der Waals surface area contributed by atoms with Crippen LogP contribution >= 0.6 is 0 Å². The molecule has 0 unspecified atom stereocenters. The molecule has 0 aromatic carbocycles. The molecular formula is C10H23N. The average Bonchev–Trinajstić information content (AvgIpc) is 1.89. The molecule has 0 bridgehead atoms. The molecule has 0 aliphatic rings. The molecule has 11 heavy (non-hydrogen) atoms. The highest BCUT2D eigenvalue weighted by Gasteiger charge is 2.27. The van der Waals surface area contributed by atoms with Crippen LogP contribution < -0.4 is 0 Å². The van der Waals surface area contributed by atoms with E-state index in [0.717, 1.165) is 19.0 Å². The van der Waals surface area contributed by atoms with E-state index < -0.39 is 0 Å². The van der Waals surface area contributed by atoms with Crippen LogP contribution in [0.15, 0.2) is 0 Å². The third-order valence-electron chi connectivity index (χ3n) is 2.99. The molecule has 0 radical (unpaired) electrons. The van der Waals surface area contributed by atoms with Crippen molar-refractivity contribution in [3.8, 4) is 0 Å². The Morgan fingerprint density at radius 2 is 1.45 bits per heavy atom. The highest BCUT2D eigenvalue weighted by Crippen LogP contribution is 2.22. The molecule has 0 spiro atoms. The standard InChI is InChI=1S/C10H23N/c1-7-11(8-2)10(5,6)9(3)4/h9H,7-8H2,1-6H3. The summed E-state index contributed by atoms with van der Waals surface area (Å²) >= 11 is 0. The molecule has 1 nitrogen and oxygen atoms in total. The van der Waals surface area contributed by atoms with Gasteiger partial charge in [0.2, 0.25) is 0 Å². The minimum Gasteiger partial charge on any atom is -0.299 e. The minimum atomic E-state index is 0.351. The van der Waals surface area contributed by atoms with Gasteiger partial charge in [0.25, 0.3) is 0 Å². The first-order chi connectivity index (χ1) is 4.96. The van der Waals surface area contributed by atoms with E-state index in [1.165, 1.54) is 0 Å². The summed E-state index contributed by atoms with van der Waals surface area (Å²) in [6.45, 7) is 16.0. The van der Waals surface area contributed by atoms with Gasteiger partial charge in [-0.3, -0.25) is 4.90 Å². The quantitative estimate of drug-likeness (QED) is 0.606. The predicted octanol–water partition coefficient (Wildman–Crippen LogP) is 2.76. The summed E-state index contributed by atoms with van der Waals surface area (Å²) < 4.78 is 0. The number of nitrogens with zero attached hydrogens (tertiary/aromatic N) is 1. The number of rotatable bonds is 4. The molecule has 0 aromatic heterocycles. The van der Waals surface area contributed by atoms with E-state index in [2.05, 4.69) is 46.4 Å². The molecule has 0 amide bonds. The zero-order valence-electron chi connectivity index (χ0n) is 8.94. The van der Waals surface area contributed by atoms with Crippen LogP contribution in [0.2, 0.25) is 0 Å². The lowest BCUT2D eigenvalue weighted by molar-refractivity contribution is 0.0883. The van der Waals surface area contributed by atoms with Crippen molar-refractivity contribution in [2.75, 3.05) is 13.1 Å². The van der Waals surface area contributed by atoms with Gasteiger partial charge in [-0.25, -0.2) is 0 Å². The number of hydrogen-bond donors (Lipinski definition) is 0. The highest BCUT2D eigenvalue weighted by molar-refractivity contribution is 4.82. The molecule has 0 aromatic rings. The fraction of sp³-hybridized carbons (Fsp3) is 1.00. The van der Waals surface area contributed by atoms with Gasteiger partial charge in [-0.2, -0.15) is 0 Å². The molecule has 0 heterocycles. The van der Waals surface area contributed by atoms with Gasteiger partial charge in [-0.15, -0.1) is 0 Å². The maximum Gasteiger partial charge on any atom is 0.0175 e. The Kier molecular flexibility index (Phi) is 4.09. The van der Waals surface area contributed by atoms with Gasteiger partial charge >= 0.3 is 0 Å². The molecule has 68 valence electrons. The van der Waals surface area contributed by atoms with Crippen molar-refractivity contribution >= 4 is 0 Å². The fourth-order valence-corrected chi connectivity index (χ4v) is 1.40. The van der Waals surface area contributed by atoms with E-state index in [9.17, 15) is 0 Å². The van der Waals surface area contributed by atoms with Crippen LogP contribution in [0.3, 0.4) is 0 Å². The van der Waals surface area contributed by atoms with Gasteiger partial charge in [-0.1, -0.05) is 27.7 Å². The molecule has 1 heteroatoms. The maximum absolute atomic E-state index is 2.51. The molecule has 0 saturated carbocycles. The molecular weight excluding hydrogens is 134 g/mol. The van der Waals surface area contributed by atoms with Crippen LogP contribution in [0.5, 0.6) is 0 Å². The lowest BCUT2D eigenvalue weighted by Crippen LogP contribution is -2.47. The van der Waals surface area contributed by atoms with Crippen molar-refractivity contribution in [1.82, 2.24) is 4.90 Å². The van der Waals surface area contributed by atoms with Crippen molar-refractivity contribution in [2.45, 2.75) is 47.1 Å². The van der Waals surface area contributed by atoms with Crippen LogP contribution in [0.1, 0.15) is 41.5 Å². The second-order valence-electron chi connectivity index (χ2n) is 3.98. The summed E-state index contributed by atoms with van der Waals surface area (Å²) in [5.41, 5.74) is 0.351. The van der Waals surface area contributed by atoms with E-state index >= 15 is 0 Å². The van der Waals surface area contributed by atoms with Crippen LogP contribution in [0.25, 0.3) is 0 Å². The molecule has 0 atom stereocenters. The lowest BCUT2D eigenvalue weighted by atomic mass is 9.89. The summed E-state index contributed by atoms with van der Waals surface area (Å²) in [6, 6.07) is 0. The molecule has 0 fully saturated rings. The zero-order valence-corrected chi connectivity index (χ0v) is 8.94. The molecule has 0 N–H and O–H groups in total. The Balaban J connectivity index is 4.24. The van der Waals surface area contributed by atoms with Gasteiger partial charge in [0.05, 0.1) is 0 Å². The summed E-state index contributed by atoms with van der Waals surface area (Å²) in [7, 11) is 0. The SMILES string of the molecule is CCN(CC)C(C)(C)C(C)C. The molecule has 0 saturated heterocycles. The fourth-order valence-electron chi connectivity index (χ4n) is 1.40. The van der Waals surface area contributed by atoms with Crippen molar-refractivity contribution in [3.63, 3.8) is 0 Å². The lowest BCUT2D eigenvalue weighted by Gasteiger charge is -2.40. The van der Waals surface area contributed by atoms with E-state index in [1.807, 2.05) is 0 Å². The Hall–Kier alpha value is -0.0400. The van der Waals surface area contributed by atoms with Gasteiger partial charge in [0, 0.05) is 5.54 Å². The first-order valence-corrected chi connectivity index (χ1v) is 4.71. The Morgan fingerprint density at radius 1 is 1.09 bits per heavy atom. The highest BCUT2D eigenvalue weighted by atomic mass is 15.2. The molecule has 0 rings (SSSR count). The van der Waals surface area contributed by atoms with Gasteiger partial charge in [0.1, 0.15) is 0 Å². The van der Waals surface area contributed by atoms with Gasteiger partial charge < -0.3 is 0 Å². The minimum absolute atomic E-state index is 0.351. The van der Waals surface area contributed by atoms with E-state index in [0.29, 0.717) is 5.54 Å². The summed E-state index contributed by atoms with van der Waals surface area (Å²) in [6.07, 6.45) is 0. The van der Waals surface area contributed by atoms with Crippen molar-refractivity contribution < 1.29 is 0 Å². The number of hydrogen-bond acceptors (Lipinski definition) is 1. The van der Waals surface area contributed by atoms with Crippen LogP contribution in [0.4, 0.5) is 0 Å². The second kappa shape index (κ2) is 4.10. The molecule has 0 aliphatic carbocycles. The Bertz CT molecular complexity index is 101. The second-order valence-corrected chi connectivity index (χ2v) is 3.98. The van der Waals surface area contributed by atoms with Crippen molar-refractivity contribution in [3.05, 3.63) is 0 Å². The summed E-state index contributed by atoms with van der Waals surface area (Å²) in [5.74, 6) is 0.724. The van der Waals surface area contributed by atoms with E-state index in [1.54, 1.807) is 0 Å². The van der Waals surface area contributed by atoms with Crippen LogP contribution in [0, 0.1) is 5.92 Å².